The smallest absolute Gasteiger partial charge is 0.219 e. The van der Waals surface area contributed by atoms with E-state index >= 15 is 0 Å². The Labute approximate surface area is 137 Å². The Morgan fingerprint density at radius 2 is 1.91 bits per heavy atom. The predicted octanol–water partition coefficient (Wildman–Crippen LogP) is 2.90. The lowest BCUT2D eigenvalue weighted by molar-refractivity contribution is 0.0320. The third-order valence-electron chi connectivity index (χ3n) is 4.05. The average Bonchev–Trinajstić information content (AvgIpc) is 2.55. The lowest BCUT2D eigenvalue weighted by Crippen LogP contribution is -2.43. The lowest BCUT2D eigenvalue weighted by Gasteiger charge is -2.35. The van der Waals surface area contributed by atoms with E-state index in [2.05, 4.69) is 0 Å². The topological polar surface area (TPSA) is 46.6 Å². The minimum absolute atomic E-state index is 0.0258. The second-order valence-corrected chi connectivity index (χ2v) is 7.78. The molecular weight excluding hydrogens is 310 g/mol. The van der Waals surface area contributed by atoms with Gasteiger partial charge in [0.25, 0.3) is 0 Å². The molecule has 0 aliphatic carbocycles. The normalized spacial score (nSPS) is 19.6. The molecule has 1 aliphatic heterocycles. The van der Waals surface area contributed by atoms with Crippen molar-refractivity contribution in [1.29, 1.82) is 0 Å². The second-order valence-electron chi connectivity index (χ2n) is 5.86. The molecule has 0 saturated carbocycles. The number of nitrogens with zero attached hydrogens (tertiary/aromatic N) is 1. The maximum Gasteiger partial charge on any atom is 0.219 e. The van der Waals surface area contributed by atoms with Crippen LogP contribution >= 0.6 is 0 Å². The van der Waals surface area contributed by atoms with E-state index in [4.69, 9.17) is 4.74 Å². The first kappa shape index (κ1) is 16.2. The maximum absolute atomic E-state index is 12.9. The summed E-state index contributed by atoms with van der Waals surface area (Å²) in [6.07, 6.45) is 0. The molecule has 0 N–H and O–H groups in total. The van der Waals surface area contributed by atoms with Crippen molar-refractivity contribution in [3.8, 4) is 0 Å². The molecule has 0 bridgehead atoms. The molecule has 122 valence electrons. The highest BCUT2D eigenvalue weighted by molar-refractivity contribution is 7.88. The van der Waals surface area contributed by atoms with Gasteiger partial charge in [0.05, 0.1) is 25.0 Å². The Balaban J connectivity index is 1.87. The van der Waals surface area contributed by atoms with E-state index in [9.17, 15) is 8.42 Å². The van der Waals surface area contributed by atoms with Crippen molar-refractivity contribution in [3.05, 3.63) is 71.3 Å². The van der Waals surface area contributed by atoms with Gasteiger partial charge >= 0.3 is 0 Å². The second kappa shape index (κ2) is 6.83. The van der Waals surface area contributed by atoms with E-state index in [1.54, 1.807) is 4.31 Å². The van der Waals surface area contributed by atoms with Crippen LogP contribution in [0.4, 0.5) is 0 Å². The summed E-state index contributed by atoms with van der Waals surface area (Å²) in [4.78, 5) is 0. The summed E-state index contributed by atoms with van der Waals surface area (Å²) in [5, 5.41) is 0. The fourth-order valence-electron chi connectivity index (χ4n) is 2.95. The summed E-state index contributed by atoms with van der Waals surface area (Å²) >= 11 is 0. The molecule has 0 radical (unpaired) electrons. The van der Waals surface area contributed by atoms with Crippen LogP contribution in [0.25, 0.3) is 0 Å². The van der Waals surface area contributed by atoms with Gasteiger partial charge in [0, 0.05) is 6.54 Å². The summed E-state index contributed by atoms with van der Waals surface area (Å²) in [6, 6.07) is 17.1. The first-order valence-electron chi connectivity index (χ1n) is 7.74. The van der Waals surface area contributed by atoms with Gasteiger partial charge in [-0.1, -0.05) is 60.2 Å². The van der Waals surface area contributed by atoms with Crippen LogP contribution < -0.4 is 0 Å². The molecule has 0 spiro atoms. The number of ether oxygens (including phenoxy) is 1. The summed E-state index contributed by atoms with van der Waals surface area (Å²) in [5.41, 5.74) is 2.86. The molecule has 1 atom stereocenters. The summed E-state index contributed by atoms with van der Waals surface area (Å²) in [5.74, 6) is 0.0258. The van der Waals surface area contributed by atoms with Crippen LogP contribution in [0.3, 0.4) is 0 Å². The monoisotopic (exact) mass is 331 g/mol. The minimum Gasteiger partial charge on any atom is -0.378 e. The van der Waals surface area contributed by atoms with E-state index in [1.807, 2.05) is 61.5 Å². The fourth-order valence-corrected chi connectivity index (χ4v) is 4.64. The molecule has 3 rings (SSSR count). The molecule has 1 heterocycles. The van der Waals surface area contributed by atoms with Crippen molar-refractivity contribution in [2.75, 3.05) is 19.8 Å². The standard InChI is InChI=1S/C18H21NO3S/c1-15-6-5-7-16(12-15)14-23(20,21)19-10-11-22-13-18(19)17-8-3-2-4-9-17/h2-9,12,18H,10-11,13-14H2,1H3. The van der Waals surface area contributed by atoms with Gasteiger partial charge in [-0.05, 0) is 18.1 Å². The third kappa shape index (κ3) is 3.80. The minimum atomic E-state index is -3.40. The average molecular weight is 331 g/mol. The van der Waals surface area contributed by atoms with E-state index in [-0.39, 0.29) is 11.8 Å². The van der Waals surface area contributed by atoms with Gasteiger partial charge in [-0.15, -0.1) is 0 Å². The highest BCUT2D eigenvalue weighted by Gasteiger charge is 2.33. The molecule has 0 aromatic heterocycles. The Hall–Kier alpha value is -1.69. The molecule has 0 amide bonds. The zero-order valence-corrected chi connectivity index (χ0v) is 14.0. The number of morpholine rings is 1. The van der Waals surface area contributed by atoms with E-state index in [0.29, 0.717) is 19.8 Å². The zero-order chi connectivity index (χ0) is 16.3. The van der Waals surface area contributed by atoms with Gasteiger partial charge in [0.15, 0.2) is 0 Å². The molecule has 2 aromatic rings. The third-order valence-corrected chi connectivity index (χ3v) is 5.90. The lowest BCUT2D eigenvalue weighted by atomic mass is 10.1. The number of sulfonamides is 1. The number of hydrogen-bond acceptors (Lipinski definition) is 3. The first-order valence-corrected chi connectivity index (χ1v) is 9.35. The summed E-state index contributed by atoms with van der Waals surface area (Å²) < 4.78 is 33.0. The van der Waals surface area contributed by atoms with Gasteiger partial charge < -0.3 is 4.74 Å². The van der Waals surface area contributed by atoms with Gasteiger partial charge in [-0.3, -0.25) is 0 Å². The Bertz CT molecular complexity index is 759. The number of benzene rings is 2. The Morgan fingerprint density at radius 1 is 1.13 bits per heavy atom. The van der Waals surface area contributed by atoms with Gasteiger partial charge in [0.1, 0.15) is 0 Å². The van der Waals surface area contributed by atoms with E-state index in [1.165, 1.54) is 0 Å². The number of rotatable bonds is 4. The molecule has 4 nitrogen and oxygen atoms in total. The molecule has 1 unspecified atom stereocenters. The van der Waals surface area contributed by atoms with Crippen LogP contribution in [0.15, 0.2) is 54.6 Å². The van der Waals surface area contributed by atoms with Crippen molar-refractivity contribution >= 4 is 10.0 Å². The van der Waals surface area contributed by atoms with Crippen LogP contribution in [0.2, 0.25) is 0 Å². The van der Waals surface area contributed by atoms with Crippen LogP contribution in [0, 0.1) is 6.92 Å². The fraction of sp³-hybridized carbons (Fsp3) is 0.333. The molecule has 23 heavy (non-hydrogen) atoms. The van der Waals surface area contributed by atoms with Crippen molar-refractivity contribution in [3.63, 3.8) is 0 Å². The van der Waals surface area contributed by atoms with Crippen LogP contribution in [-0.2, 0) is 20.5 Å². The predicted molar refractivity (Wildman–Crippen MR) is 90.5 cm³/mol. The molecular formula is C18H21NO3S. The molecule has 1 aliphatic rings. The highest BCUT2D eigenvalue weighted by atomic mass is 32.2. The van der Waals surface area contributed by atoms with Crippen molar-refractivity contribution in [1.82, 2.24) is 4.31 Å². The van der Waals surface area contributed by atoms with Crippen LogP contribution in [0.5, 0.6) is 0 Å². The van der Waals surface area contributed by atoms with Crippen molar-refractivity contribution in [2.24, 2.45) is 0 Å². The van der Waals surface area contributed by atoms with Crippen molar-refractivity contribution < 1.29 is 13.2 Å². The molecule has 5 heteroatoms. The summed E-state index contributed by atoms with van der Waals surface area (Å²) in [6.45, 7) is 3.21. The highest BCUT2D eigenvalue weighted by Crippen LogP contribution is 2.28. The molecule has 1 saturated heterocycles. The van der Waals surface area contributed by atoms with Crippen LogP contribution in [0.1, 0.15) is 22.7 Å². The van der Waals surface area contributed by atoms with Gasteiger partial charge in [0.2, 0.25) is 10.0 Å². The van der Waals surface area contributed by atoms with Crippen molar-refractivity contribution in [2.45, 2.75) is 18.7 Å². The quantitative estimate of drug-likeness (QED) is 0.865. The molecule has 2 aromatic carbocycles. The number of hydrogen-bond donors (Lipinski definition) is 0. The van der Waals surface area contributed by atoms with E-state index in [0.717, 1.165) is 16.7 Å². The zero-order valence-electron chi connectivity index (χ0n) is 13.2. The van der Waals surface area contributed by atoms with Gasteiger partial charge in [-0.25, -0.2) is 8.42 Å². The maximum atomic E-state index is 12.9. The molecule has 1 fully saturated rings. The van der Waals surface area contributed by atoms with Gasteiger partial charge in [-0.2, -0.15) is 4.31 Å². The Morgan fingerprint density at radius 3 is 2.65 bits per heavy atom. The summed E-state index contributed by atoms with van der Waals surface area (Å²) in [7, 11) is -3.40. The van der Waals surface area contributed by atoms with E-state index < -0.39 is 10.0 Å². The Kier molecular flexibility index (Phi) is 4.80. The number of aryl methyl sites for hydroxylation is 1. The largest absolute Gasteiger partial charge is 0.378 e. The first-order chi connectivity index (χ1) is 11.1. The SMILES string of the molecule is Cc1cccc(CS(=O)(=O)N2CCOCC2c2ccccc2)c1. The van der Waals surface area contributed by atoms with Crippen LogP contribution in [-0.4, -0.2) is 32.5 Å².